The normalized spacial score (nSPS) is 15.8. The summed E-state index contributed by atoms with van der Waals surface area (Å²) >= 11 is 0. The number of aliphatic hydroxyl groups is 2. The van der Waals surface area contributed by atoms with Crippen LogP contribution in [0.15, 0.2) is 42.5 Å². The molecule has 6 N–H and O–H groups in total. The molecule has 0 aliphatic rings. The lowest BCUT2D eigenvalue weighted by atomic mass is 9.88. The number of fused-ring (bicyclic) bond motifs is 1. The molecule has 1 unspecified atom stereocenters. The Balaban J connectivity index is 1.90. The number of aliphatic hydroxyl groups excluding tert-OH is 1. The fourth-order valence-corrected chi connectivity index (χ4v) is 3.13. The number of carbonyl (C=O) groups excluding carboxylic acids is 2. The zero-order valence-corrected chi connectivity index (χ0v) is 15.6. The molecule has 3 atom stereocenters. The Morgan fingerprint density at radius 1 is 1.07 bits per heavy atom. The van der Waals surface area contributed by atoms with E-state index in [4.69, 9.17) is 11.5 Å². The Morgan fingerprint density at radius 3 is 2.37 bits per heavy atom. The van der Waals surface area contributed by atoms with E-state index in [0.717, 1.165) is 16.3 Å². The monoisotopic (exact) mass is 372 g/mol. The zero-order valence-electron chi connectivity index (χ0n) is 15.6. The van der Waals surface area contributed by atoms with Crippen molar-refractivity contribution < 1.29 is 19.8 Å². The second-order valence-electron chi connectivity index (χ2n) is 7.39. The standard InChI is InChI=1S/C21H28N2O4/c1-21(27,20(23)26)11-10-17(19(22)25)13-18(24)9-7-14-6-8-15-4-2-3-5-16(15)12-14/h2-6,8,12,17-18,24,27H,7,9-11,13H2,1H3,(H2,22,25)(H2,23,26)/t17-,18+,21?/m1/s1. The number of rotatable bonds is 10. The molecule has 0 bridgehead atoms. The van der Waals surface area contributed by atoms with E-state index in [1.54, 1.807) is 0 Å². The van der Waals surface area contributed by atoms with Crippen molar-refractivity contribution in [1.82, 2.24) is 0 Å². The van der Waals surface area contributed by atoms with Crippen LogP contribution in [0.1, 0.15) is 38.2 Å². The van der Waals surface area contributed by atoms with Gasteiger partial charge in [0.2, 0.25) is 11.8 Å². The van der Waals surface area contributed by atoms with E-state index < -0.39 is 29.4 Å². The molecule has 6 heteroatoms. The Labute approximate surface area is 159 Å². The smallest absolute Gasteiger partial charge is 0.249 e. The molecule has 0 spiro atoms. The van der Waals surface area contributed by atoms with Gasteiger partial charge < -0.3 is 21.7 Å². The summed E-state index contributed by atoms with van der Waals surface area (Å²) in [4.78, 5) is 22.8. The second kappa shape index (κ2) is 8.97. The van der Waals surface area contributed by atoms with Gasteiger partial charge in [-0.1, -0.05) is 42.5 Å². The number of amides is 2. The average molecular weight is 372 g/mol. The van der Waals surface area contributed by atoms with Crippen LogP contribution in [0, 0.1) is 5.92 Å². The Morgan fingerprint density at radius 2 is 1.74 bits per heavy atom. The van der Waals surface area contributed by atoms with Crippen LogP contribution in [0.3, 0.4) is 0 Å². The first-order valence-electron chi connectivity index (χ1n) is 9.16. The fraction of sp³-hybridized carbons (Fsp3) is 0.429. The van der Waals surface area contributed by atoms with Crippen LogP contribution in [0.4, 0.5) is 0 Å². The highest BCUT2D eigenvalue weighted by Crippen LogP contribution is 2.22. The topological polar surface area (TPSA) is 127 Å². The number of nitrogens with two attached hydrogens (primary N) is 2. The van der Waals surface area contributed by atoms with Crippen molar-refractivity contribution in [3.05, 3.63) is 48.0 Å². The fourth-order valence-electron chi connectivity index (χ4n) is 3.13. The quantitative estimate of drug-likeness (QED) is 0.505. The molecular weight excluding hydrogens is 344 g/mol. The summed E-state index contributed by atoms with van der Waals surface area (Å²) in [5, 5.41) is 22.5. The average Bonchev–Trinajstić information content (AvgIpc) is 2.62. The molecule has 0 radical (unpaired) electrons. The van der Waals surface area contributed by atoms with Crippen molar-refractivity contribution in [1.29, 1.82) is 0 Å². The molecule has 6 nitrogen and oxygen atoms in total. The molecule has 0 aromatic heterocycles. The van der Waals surface area contributed by atoms with Crippen molar-refractivity contribution in [2.75, 3.05) is 0 Å². The van der Waals surface area contributed by atoms with Gasteiger partial charge in [0.25, 0.3) is 0 Å². The Bertz CT molecular complexity index is 804. The van der Waals surface area contributed by atoms with Crippen LogP contribution in [-0.2, 0) is 16.0 Å². The van der Waals surface area contributed by atoms with Crippen LogP contribution < -0.4 is 11.5 Å². The lowest BCUT2D eigenvalue weighted by molar-refractivity contribution is -0.136. The highest BCUT2D eigenvalue weighted by atomic mass is 16.3. The van der Waals surface area contributed by atoms with E-state index in [-0.39, 0.29) is 19.3 Å². The number of primary amides is 2. The number of benzene rings is 2. The van der Waals surface area contributed by atoms with Gasteiger partial charge in [0.1, 0.15) is 5.60 Å². The number of aryl methyl sites for hydroxylation is 1. The van der Waals surface area contributed by atoms with Crippen LogP contribution in [0.25, 0.3) is 10.8 Å². The summed E-state index contributed by atoms with van der Waals surface area (Å²) in [6.07, 6.45) is 0.876. The van der Waals surface area contributed by atoms with Crippen LogP contribution in [0.2, 0.25) is 0 Å². The van der Waals surface area contributed by atoms with E-state index in [1.165, 1.54) is 6.92 Å². The first-order valence-corrected chi connectivity index (χ1v) is 9.16. The maximum absolute atomic E-state index is 11.7. The Hall–Kier alpha value is -2.44. The molecule has 2 amide bonds. The van der Waals surface area contributed by atoms with Crippen molar-refractivity contribution in [2.24, 2.45) is 17.4 Å². The van der Waals surface area contributed by atoms with E-state index >= 15 is 0 Å². The number of carbonyl (C=O) groups is 2. The van der Waals surface area contributed by atoms with Crippen molar-refractivity contribution >= 4 is 22.6 Å². The molecular formula is C21H28N2O4. The molecule has 2 aromatic carbocycles. The third-order valence-corrected chi connectivity index (χ3v) is 5.05. The van der Waals surface area contributed by atoms with E-state index in [2.05, 4.69) is 12.1 Å². The van der Waals surface area contributed by atoms with Gasteiger partial charge in [-0.05, 0) is 55.4 Å². The summed E-state index contributed by atoms with van der Waals surface area (Å²) in [6.45, 7) is 1.31. The summed E-state index contributed by atoms with van der Waals surface area (Å²) < 4.78 is 0. The second-order valence-corrected chi connectivity index (χ2v) is 7.39. The Kier molecular flexibility index (Phi) is 6.93. The van der Waals surface area contributed by atoms with Gasteiger partial charge in [-0.25, -0.2) is 0 Å². The largest absolute Gasteiger partial charge is 0.393 e. The van der Waals surface area contributed by atoms with Crippen molar-refractivity contribution in [2.45, 2.75) is 50.7 Å². The highest BCUT2D eigenvalue weighted by Gasteiger charge is 2.30. The molecule has 0 aliphatic heterocycles. The van der Waals surface area contributed by atoms with E-state index in [9.17, 15) is 19.8 Å². The molecule has 2 rings (SSSR count). The van der Waals surface area contributed by atoms with E-state index in [1.807, 2.05) is 30.3 Å². The maximum atomic E-state index is 11.7. The van der Waals surface area contributed by atoms with Crippen molar-refractivity contribution in [3.63, 3.8) is 0 Å². The zero-order chi connectivity index (χ0) is 20.0. The number of hydrogen-bond acceptors (Lipinski definition) is 4. The van der Waals surface area contributed by atoms with Crippen molar-refractivity contribution in [3.8, 4) is 0 Å². The van der Waals surface area contributed by atoms with Gasteiger partial charge >= 0.3 is 0 Å². The van der Waals surface area contributed by atoms with Gasteiger partial charge in [-0.15, -0.1) is 0 Å². The lowest BCUT2D eigenvalue weighted by Crippen LogP contribution is -2.42. The predicted molar refractivity (Wildman–Crippen MR) is 105 cm³/mol. The van der Waals surface area contributed by atoms with Gasteiger partial charge in [0.15, 0.2) is 0 Å². The minimum Gasteiger partial charge on any atom is -0.393 e. The van der Waals surface area contributed by atoms with Crippen LogP contribution >= 0.6 is 0 Å². The molecule has 27 heavy (non-hydrogen) atoms. The molecule has 0 aliphatic carbocycles. The predicted octanol–water partition coefficient (Wildman–Crippen LogP) is 1.64. The molecule has 2 aromatic rings. The summed E-state index contributed by atoms with van der Waals surface area (Å²) in [7, 11) is 0. The first-order chi connectivity index (χ1) is 12.7. The highest BCUT2D eigenvalue weighted by molar-refractivity contribution is 5.83. The summed E-state index contributed by atoms with van der Waals surface area (Å²) in [5.74, 6) is -2.02. The van der Waals surface area contributed by atoms with Gasteiger partial charge in [0, 0.05) is 5.92 Å². The third kappa shape index (κ3) is 6.05. The molecule has 0 fully saturated rings. The minimum atomic E-state index is -1.69. The maximum Gasteiger partial charge on any atom is 0.249 e. The number of hydrogen-bond donors (Lipinski definition) is 4. The molecule has 146 valence electrons. The summed E-state index contributed by atoms with van der Waals surface area (Å²) in [5.41, 5.74) is 9.96. The molecule has 0 heterocycles. The molecule has 0 saturated heterocycles. The van der Waals surface area contributed by atoms with Gasteiger partial charge in [0.05, 0.1) is 6.10 Å². The lowest BCUT2D eigenvalue weighted by Gasteiger charge is -2.23. The molecule has 0 saturated carbocycles. The third-order valence-electron chi connectivity index (χ3n) is 5.05. The first kappa shape index (κ1) is 20.9. The van der Waals surface area contributed by atoms with Gasteiger partial charge in [-0.3, -0.25) is 9.59 Å². The van der Waals surface area contributed by atoms with Gasteiger partial charge in [-0.2, -0.15) is 0 Å². The van der Waals surface area contributed by atoms with Crippen LogP contribution in [-0.4, -0.2) is 33.7 Å². The minimum absolute atomic E-state index is 0.0212. The van der Waals surface area contributed by atoms with Crippen LogP contribution in [0.5, 0.6) is 0 Å². The summed E-state index contributed by atoms with van der Waals surface area (Å²) in [6, 6.07) is 14.2. The van der Waals surface area contributed by atoms with E-state index in [0.29, 0.717) is 12.8 Å². The SMILES string of the molecule is CC(O)(CC[C@H](C[C@@H](O)CCc1ccc2ccccc2c1)C(N)=O)C(N)=O.